The molecule has 0 atom stereocenters. The number of para-hydroxylation sites is 1. The summed E-state index contributed by atoms with van der Waals surface area (Å²) in [5.74, 6) is -0.142. The Morgan fingerprint density at radius 2 is 1.38 bits per heavy atom. The zero-order chi connectivity index (χ0) is 11.4. The van der Waals surface area contributed by atoms with Gasteiger partial charge < -0.3 is 5.73 Å². The van der Waals surface area contributed by atoms with Gasteiger partial charge in [-0.05, 0) is 36.1 Å². The zero-order valence-electron chi connectivity index (χ0n) is 8.99. The monoisotopic (exact) mass is 215 g/mol. The molecule has 0 fully saturated rings. The van der Waals surface area contributed by atoms with Crippen LogP contribution in [0.25, 0.3) is 0 Å². The molecule has 0 aliphatic rings. The number of hydrogen-bond donors (Lipinski definition) is 1. The number of anilines is 1. The second-order valence-corrected chi connectivity index (χ2v) is 3.79. The fourth-order valence-electron chi connectivity index (χ4n) is 1.73. The van der Waals surface area contributed by atoms with Gasteiger partial charge in [-0.25, -0.2) is 4.39 Å². The lowest BCUT2D eigenvalue weighted by Crippen LogP contribution is -1.98. The first-order valence-electron chi connectivity index (χ1n) is 5.34. The molecule has 0 amide bonds. The number of halogens is 1. The fraction of sp³-hybridized carbons (Fsp3) is 0.143. The van der Waals surface area contributed by atoms with Crippen molar-refractivity contribution in [3.8, 4) is 0 Å². The van der Waals surface area contributed by atoms with E-state index in [4.69, 9.17) is 5.73 Å². The highest BCUT2D eigenvalue weighted by Gasteiger charge is 2.02. The first-order chi connectivity index (χ1) is 7.77. The molecule has 2 aromatic rings. The molecule has 0 bridgehead atoms. The second kappa shape index (κ2) is 4.79. The summed E-state index contributed by atoms with van der Waals surface area (Å²) < 4.78 is 13.4. The van der Waals surface area contributed by atoms with E-state index in [2.05, 4.69) is 0 Å². The average molecular weight is 215 g/mol. The number of aryl methyl sites for hydroxylation is 2. The fourth-order valence-corrected chi connectivity index (χ4v) is 1.73. The molecule has 2 N–H and O–H groups in total. The van der Waals surface area contributed by atoms with Crippen molar-refractivity contribution in [1.82, 2.24) is 0 Å². The maximum atomic E-state index is 13.4. The van der Waals surface area contributed by atoms with Crippen LogP contribution in [0.3, 0.4) is 0 Å². The van der Waals surface area contributed by atoms with Gasteiger partial charge in [-0.3, -0.25) is 0 Å². The van der Waals surface area contributed by atoms with Crippen LogP contribution < -0.4 is 5.73 Å². The minimum atomic E-state index is -0.142. The molecular weight excluding hydrogens is 201 g/mol. The minimum Gasteiger partial charge on any atom is -0.399 e. The maximum absolute atomic E-state index is 13.4. The van der Waals surface area contributed by atoms with Crippen LogP contribution in [0, 0.1) is 5.82 Å². The molecule has 0 aliphatic carbocycles. The Hall–Kier alpha value is -1.83. The second-order valence-electron chi connectivity index (χ2n) is 3.79. The standard InChI is InChI=1S/C14H14FN/c15-13-7-3-1-5-11(13)9-10-12-6-2-4-8-14(12)16/h1-8H,9-10,16H2. The van der Waals surface area contributed by atoms with E-state index in [1.807, 2.05) is 36.4 Å². The Morgan fingerprint density at radius 3 is 2.06 bits per heavy atom. The lowest BCUT2D eigenvalue weighted by molar-refractivity contribution is 0.609. The van der Waals surface area contributed by atoms with Crippen LogP contribution in [0.4, 0.5) is 10.1 Å². The van der Waals surface area contributed by atoms with E-state index in [9.17, 15) is 4.39 Å². The van der Waals surface area contributed by atoms with Crippen molar-refractivity contribution in [2.75, 3.05) is 5.73 Å². The van der Waals surface area contributed by atoms with Crippen LogP contribution in [0.5, 0.6) is 0 Å². The summed E-state index contributed by atoms with van der Waals surface area (Å²) >= 11 is 0. The van der Waals surface area contributed by atoms with Crippen molar-refractivity contribution in [1.29, 1.82) is 0 Å². The Bertz CT molecular complexity index is 434. The molecule has 2 heteroatoms. The summed E-state index contributed by atoms with van der Waals surface area (Å²) in [5, 5.41) is 0. The topological polar surface area (TPSA) is 26.0 Å². The summed E-state index contributed by atoms with van der Waals surface area (Å²) in [6.45, 7) is 0. The van der Waals surface area contributed by atoms with Gasteiger partial charge in [-0.2, -0.15) is 0 Å². The predicted octanol–water partition coefficient (Wildman–Crippen LogP) is 3.19. The third-order valence-electron chi connectivity index (χ3n) is 2.68. The van der Waals surface area contributed by atoms with Crippen LogP contribution in [-0.4, -0.2) is 0 Å². The average Bonchev–Trinajstić information content (AvgIpc) is 2.30. The Labute approximate surface area is 94.7 Å². The molecule has 2 aromatic carbocycles. The minimum absolute atomic E-state index is 0.142. The van der Waals surface area contributed by atoms with Gasteiger partial charge in [0.25, 0.3) is 0 Å². The normalized spacial score (nSPS) is 10.3. The molecule has 1 nitrogen and oxygen atoms in total. The number of hydrogen-bond acceptors (Lipinski definition) is 1. The van der Waals surface area contributed by atoms with Gasteiger partial charge in [0.05, 0.1) is 0 Å². The first-order valence-corrected chi connectivity index (χ1v) is 5.34. The molecule has 0 aromatic heterocycles. The van der Waals surface area contributed by atoms with Crippen molar-refractivity contribution in [2.24, 2.45) is 0 Å². The highest BCUT2D eigenvalue weighted by molar-refractivity contribution is 5.46. The largest absolute Gasteiger partial charge is 0.399 e. The zero-order valence-corrected chi connectivity index (χ0v) is 8.99. The molecule has 0 unspecified atom stereocenters. The SMILES string of the molecule is Nc1ccccc1CCc1ccccc1F. The molecular formula is C14H14FN. The molecule has 16 heavy (non-hydrogen) atoms. The van der Waals surface area contributed by atoms with E-state index in [0.29, 0.717) is 6.42 Å². The van der Waals surface area contributed by atoms with Gasteiger partial charge in [0.2, 0.25) is 0 Å². The number of benzene rings is 2. The van der Waals surface area contributed by atoms with Crippen LogP contribution in [-0.2, 0) is 12.8 Å². The highest BCUT2D eigenvalue weighted by atomic mass is 19.1. The van der Waals surface area contributed by atoms with Gasteiger partial charge in [-0.15, -0.1) is 0 Å². The van der Waals surface area contributed by atoms with Crippen molar-refractivity contribution in [3.05, 3.63) is 65.5 Å². The van der Waals surface area contributed by atoms with Crippen molar-refractivity contribution >= 4 is 5.69 Å². The van der Waals surface area contributed by atoms with E-state index in [-0.39, 0.29) is 5.82 Å². The number of nitrogen functional groups attached to an aromatic ring is 1. The van der Waals surface area contributed by atoms with Gasteiger partial charge in [0, 0.05) is 5.69 Å². The van der Waals surface area contributed by atoms with Gasteiger partial charge >= 0.3 is 0 Å². The van der Waals surface area contributed by atoms with E-state index in [0.717, 1.165) is 23.2 Å². The molecule has 0 saturated heterocycles. The van der Waals surface area contributed by atoms with Gasteiger partial charge in [-0.1, -0.05) is 36.4 Å². The van der Waals surface area contributed by atoms with Crippen molar-refractivity contribution in [2.45, 2.75) is 12.8 Å². The van der Waals surface area contributed by atoms with Gasteiger partial charge in [0.15, 0.2) is 0 Å². The quantitative estimate of drug-likeness (QED) is 0.782. The summed E-state index contributed by atoms with van der Waals surface area (Å²) in [5.41, 5.74) is 8.42. The lowest BCUT2D eigenvalue weighted by Gasteiger charge is -2.05. The summed E-state index contributed by atoms with van der Waals surface area (Å²) in [6, 6.07) is 14.6. The summed E-state index contributed by atoms with van der Waals surface area (Å²) in [6.07, 6.45) is 1.45. The molecule has 82 valence electrons. The number of nitrogens with two attached hydrogens (primary N) is 1. The maximum Gasteiger partial charge on any atom is 0.126 e. The summed E-state index contributed by atoms with van der Waals surface area (Å²) in [4.78, 5) is 0. The van der Waals surface area contributed by atoms with Gasteiger partial charge in [0.1, 0.15) is 5.82 Å². The summed E-state index contributed by atoms with van der Waals surface area (Å²) in [7, 11) is 0. The van der Waals surface area contributed by atoms with Crippen LogP contribution in [0.15, 0.2) is 48.5 Å². The van der Waals surface area contributed by atoms with Crippen molar-refractivity contribution in [3.63, 3.8) is 0 Å². The predicted molar refractivity (Wildman–Crippen MR) is 64.7 cm³/mol. The molecule has 0 heterocycles. The van der Waals surface area contributed by atoms with Crippen LogP contribution in [0.2, 0.25) is 0 Å². The lowest BCUT2D eigenvalue weighted by atomic mass is 10.0. The molecule has 0 radical (unpaired) electrons. The molecule has 0 aliphatic heterocycles. The van der Waals surface area contributed by atoms with E-state index >= 15 is 0 Å². The highest BCUT2D eigenvalue weighted by Crippen LogP contribution is 2.15. The third-order valence-corrected chi connectivity index (χ3v) is 2.68. The van der Waals surface area contributed by atoms with Crippen LogP contribution >= 0.6 is 0 Å². The van der Waals surface area contributed by atoms with E-state index in [1.54, 1.807) is 6.07 Å². The Kier molecular flexibility index (Phi) is 3.20. The van der Waals surface area contributed by atoms with E-state index in [1.165, 1.54) is 6.07 Å². The Balaban J connectivity index is 2.09. The van der Waals surface area contributed by atoms with Crippen molar-refractivity contribution < 1.29 is 4.39 Å². The number of rotatable bonds is 3. The molecule has 2 rings (SSSR count). The first kappa shape index (κ1) is 10.7. The van der Waals surface area contributed by atoms with Crippen LogP contribution in [0.1, 0.15) is 11.1 Å². The third kappa shape index (κ3) is 2.40. The van der Waals surface area contributed by atoms with E-state index < -0.39 is 0 Å². The molecule has 0 spiro atoms. The molecule has 0 saturated carbocycles. The smallest absolute Gasteiger partial charge is 0.126 e. The Morgan fingerprint density at radius 1 is 0.812 bits per heavy atom.